The summed E-state index contributed by atoms with van der Waals surface area (Å²) in [6.07, 6.45) is 3.84. The van der Waals surface area contributed by atoms with Crippen molar-refractivity contribution in [2.45, 2.75) is 24.5 Å². The molecule has 0 spiro atoms. The van der Waals surface area contributed by atoms with Gasteiger partial charge in [0.05, 0.1) is 5.69 Å². The van der Waals surface area contributed by atoms with E-state index in [0.717, 1.165) is 6.54 Å². The smallest absolute Gasteiger partial charge is 0.148 e. The Balaban J connectivity index is 1.88. The van der Waals surface area contributed by atoms with Crippen LogP contribution in [0.4, 0.5) is 15.8 Å². The molecule has 1 aromatic carbocycles. The molecule has 4 heteroatoms. The minimum atomic E-state index is -0.263. The monoisotopic (exact) mass is 240 g/mol. The number of nitrogens with one attached hydrogen (secondary N) is 1. The average Bonchev–Trinajstić information content (AvgIpc) is 2.29. The molecular formula is C12H17FN2S. The Labute approximate surface area is 99.8 Å². The third kappa shape index (κ3) is 3.04. The van der Waals surface area contributed by atoms with E-state index in [0.29, 0.717) is 16.6 Å². The topological polar surface area (TPSA) is 38.0 Å². The van der Waals surface area contributed by atoms with Gasteiger partial charge < -0.3 is 11.1 Å². The second-order valence-electron chi connectivity index (χ2n) is 4.11. The van der Waals surface area contributed by atoms with Crippen molar-refractivity contribution in [3.8, 4) is 0 Å². The van der Waals surface area contributed by atoms with Crippen molar-refractivity contribution in [1.29, 1.82) is 0 Å². The van der Waals surface area contributed by atoms with Gasteiger partial charge in [0.15, 0.2) is 0 Å². The van der Waals surface area contributed by atoms with Crippen LogP contribution in [0.25, 0.3) is 0 Å². The van der Waals surface area contributed by atoms with Gasteiger partial charge in [-0.05, 0) is 36.8 Å². The predicted octanol–water partition coefficient (Wildman–Crippen LogP) is 3.11. The summed E-state index contributed by atoms with van der Waals surface area (Å²) in [5, 5.41) is 3.77. The number of thioether (sulfide) groups is 1. The molecule has 1 saturated heterocycles. The zero-order valence-corrected chi connectivity index (χ0v) is 10.0. The summed E-state index contributed by atoms with van der Waals surface area (Å²) < 4.78 is 13.5. The van der Waals surface area contributed by atoms with E-state index >= 15 is 0 Å². The summed E-state index contributed by atoms with van der Waals surface area (Å²) >= 11 is 1.98. The van der Waals surface area contributed by atoms with Crippen LogP contribution in [0.1, 0.15) is 19.3 Å². The lowest BCUT2D eigenvalue weighted by Crippen LogP contribution is -2.20. The zero-order chi connectivity index (χ0) is 11.4. The van der Waals surface area contributed by atoms with E-state index in [1.807, 2.05) is 11.8 Å². The molecule has 1 aromatic rings. The Kier molecular flexibility index (Phi) is 3.93. The highest BCUT2D eigenvalue weighted by Crippen LogP contribution is 2.26. The van der Waals surface area contributed by atoms with Crippen LogP contribution < -0.4 is 11.1 Å². The van der Waals surface area contributed by atoms with Gasteiger partial charge in [-0.3, -0.25) is 0 Å². The van der Waals surface area contributed by atoms with E-state index in [1.54, 1.807) is 12.1 Å². The molecule has 1 atom stereocenters. The van der Waals surface area contributed by atoms with Crippen LogP contribution in [0.15, 0.2) is 18.2 Å². The normalized spacial score (nSPS) is 20.7. The molecule has 0 aromatic heterocycles. The van der Waals surface area contributed by atoms with Gasteiger partial charge in [0.1, 0.15) is 5.82 Å². The predicted molar refractivity (Wildman–Crippen MR) is 69.4 cm³/mol. The Hall–Kier alpha value is -0.900. The van der Waals surface area contributed by atoms with Crippen LogP contribution in [0.3, 0.4) is 0 Å². The first-order chi connectivity index (χ1) is 7.75. The van der Waals surface area contributed by atoms with E-state index in [1.165, 1.54) is 31.1 Å². The first-order valence-corrected chi connectivity index (χ1v) is 6.71. The Bertz CT molecular complexity index is 351. The fraction of sp³-hybridized carbons (Fsp3) is 0.500. The summed E-state index contributed by atoms with van der Waals surface area (Å²) in [5.74, 6) is 0.970. The van der Waals surface area contributed by atoms with Gasteiger partial charge in [0.2, 0.25) is 0 Å². The molecule has 1 fully saturated rings. The number of benzene rings is 1. The molecule has 1 unspecified atom stereocenters. The van der Waals surface area contributed by atoms with Gasteiger partial charge in [0.25, 0.3) is 0 Å². The fourth-order valence-electron chi connectivity index (χ4n) is 1.87. The first kappa shape index (κ1) is 11.6. The molecule has 0 radical (unpaired) electrons. The maximum atomic E-state index is 13.5. The number of halogens is 1. The van der Waals surface area contributed by atoms with Gasteiger partial charge >= 0.3 is 0 Å². The quantitative estimate of drug-likeness (QED) is 0.797. The van der Waals surface area contributed by atoms with Gasteiger partial charge in [-0.2, -0.15) is 11.8 Å². The first-order valence-electron chi connectivity index (χ1n) is 5.66. The molecule has 2 nitrogen and oxygen atoms in total. The second kappa shape index (κ2) is 5.43. The number of nitrogen functional groups attached to an aromatic ring is 1. The molecule has 0 saturated carbocycles. The summed E-state index contributed by atoms with van der Waals surface area (Å²) in [6, 6.07) is 4.79. The van der Waals surface area contributed by atoms with Crippen LogP contribution >= 0.6 is 11.8 Å². The Morgan fingerprint density at radius 1 is 1.44 bits per heavy atom. The second-order valence-corrected chi connectivity index (χ2v) is 5.52. The molecule has 0 aliphatic carbocycles. The van der Waals surface area contributed by atoms with E-state index in [2.05, 4.69) is 5.32 Å². The van der Waals surface area contributed by atoms with Gasteiger partial charge in [-0.25, -0.2) is 4.39 Å². The molecule has 3 N–H and O–H groups in total. The summed E-state index contributed by atoms with van der Waals surface area (Å²) in [4.78, 5) is 0. The van der Waals surface area contributed by atoms with Crippen molar-refractivity contribution in [2.24, 2.45) is 0 Å². The highest BCUT2D eigenvalue weighted by molar-refractivity contribution is 7.99. The summed E-state index contributed by atoms with van der Waals surface area (Å²) in [5.41, 5.74) is 6.52. The van der Waals surface area contributed by atoms with Crippen LogP contribution in [-0.4, -0.2) is 17.5 Å². The fourth-order valence-corrected chi connectivity index (χ4v) is 3.11. The van der Waals surface area contributed by atoms with E-state index in [9.17, 15) is 4.39 Å². The minimum absolute atomic E-state index is 0.263. The van der Waals surface area contributed by atoms with Crippen molar-refractivity contribution >= 4 is 23.1 Å². The maximum absolute atomic E-state index is 13.5. The number of hydrogen-bond acceptors (Lipinski definition) is 3. The van der Waals surface area contributed by atoms with Crippen molar-refractivity contribution in [2.75, 3.05) is 23.3 Å². The van der Waals surface area contributed by atoms with Crippen molar-refractivity contribution in [3.05, 3.63) is 24.0 Å². The van der Waals surface area contributed by atoms with Crippen molar-refractivity contribution in [1.82, 2.24) is 0 Å². The summed E-state index contributed by atoms with van der Waals surface area (Å²) in [6.45, 7) is 0.839. The number of rotatable bonds is 3. The molecular weight excluding hydrogens is 223 g/mol. The third-order valence-corrected chi connectivity index (χ3v) is 4.19. The Morgan fingerprint density at radius 3 is 3.00 bits per heavy atom. The van der Waals surface area contributed by atoms with Crippen LogP contribution in [0, 0.1) is 5.82 Å². The molecule has 0 bridgehead atoms. The SMILES string of the molecule is Nc1ccc(NCC2CCCCS2)c(F)c1. The van der Waals surface area contributed by atoms with Crippen LogP contribution in [0.2, 0.25) is 0 Å². The summed E-state index contributed by atoms with van der Waals surface area (Å²) in [7, 11) is 0. The van der Waals surface area contributed by atoms with E-state index in [-0.39, 0.29) is 5.82 Å². The largest absolute Gasteiger partial charge is 0.399 e. The number of nitrogens with two attached hydrogens (primary N) is 1. The lowest BCUT2D eigenvalue weighted by molar-refractivity contribution is 0.628. The molecule has 1 aliphatic heterocycles. The minimum Gasteiger partial charge on any atom is -0.399 e. The van der Waals surface area contributed by atoms with Crippen LogP contribution in [0.5, 0.6) is 0 Å². The number of anilines is 2. The van der Waals surface area contributed by atoms with E-state index < -0.39 is 0 Å². The molecule has 0 amide bonds. The third-order valence-electron chi connectivity index (χ3n) is 2.79. The highest BCUT2D eigenvalue weighted by Gasteiger charge is 2.14. The maximum Gasteiger partial charge on any atom is 0.148 e. The average molecular weight is 240 g/mol. The van der Waals surface area contributed by atoms with Gasteiger partial charge in [-0.15, -0.1) is 0 Å². The van der Waals surface area contributed by atoms with Gasteiger partial charge in [0, 0.05) is 17.5 Å². The van der Waals surface area contributed by atoms with Gasteiger partial charge in [-0.1, -0.05) is 6.42 Å². The number of hydrogen-bond donors (Lipinski definition) is 2. The van der Waals surface area contributed by atoms with Crippen molar-refractivity contribution in [3.63, 3.8) is 0 Å². The molecule has 2 rings (SSSR count). The lowest BCUT2D eigenvalue weighted by Gasteiger charge is -2.22. The standard InChI is InChI=1S/C12H17FN2S/c13-11-7-9(14)4-5-12(11)15-8-10-3-1-2-6-16-10/h4-5,7,10,15H,1-3,6,8,14H2. The Morgan fingerprint density at radius 2 is 2.31 bits per heavy atom. The molecule has 16 heavy (non-hydrogen) atoms. The molecule has 1 aliphatic rings. The molecule has 88 valence electrons. The van der Waals surface area contributed by atoms with Crippen molar-refractivity contribution < 1.29 is 4.39 Å². The highest BCUT2D eigenvalue weighted by atomic mass is 32.2. The van der Waals surface area contributed by atoms with E-state index in [4.69, 9.17) is 5.73 Å². The lowest BCUT2D eigenvalue weighted by atomic mass is 10.2. The zero-order valence-electron chi connectivity index (χ0n) is 9.21. The molecule has 1 heterocycles. The van der Waals surface area contributed by atoms with Crippen LogP contribution in [-0.2, 0) is 0 Å².